The number of esters is 4. The maximum Gasteiger partial charge on any atom is 0.305 e. The summed E-state index contributed by atoms with van der Waals surface area (Å²) in [5, 5.41) is 0. The smallest absolute Gasteiger partial charge is 0.305 e. The van der Waals surface area contributed by atoms with E-state index in [9.17, 15) is 19.2 Å². The van der Waals surface area contributed by atoms with Crippen LogP contribution in [0.3, 0.4) is 0 Å². The van der Waals surface area contributed by atoms with Gasteiger partial charge in [0.05, 0.1) is 6.10 Å². The average Bonchev–Trinajstić information content (AvgIpc) is 2.36. The number of rotatable bonds is 4. The van der Waals surface area contributed by atoms with Gasteiger partial charge in [0.1, 0.15) is 0 Å². The van der Waals surface area contributed by atoms with Gasteiger partial charge in [-0.15, -0.1) is 0 Å². The van der Waals surface area contributed by atoms with Gasteiger partial charge in [-0.2, -0.15) is 0 Å². The zero-order chi connectivity index (χ0) is 17.7. The third-order valence-corrected chi connectivity index (χ3v) is 2.92. The Labute approximate surface area is 133 Å². The van der Waals surface area contributed by atoms with E-state index in [2.05, 4.69) is 0 Å². The van der Waals surface area contributed by atoms with Crippen molar-refractivity contribution in [2.24, 2.45) is 0 Å². The van der Waals surface area contributed by atoms with Crippen molar-refractivity contribution in [2.75, 3.05) is 0 Å². The minimum atomic E-state index is -1.29. The Kier molecular flexibility index (Phi) is 6.49. The molecule has 0 aromatic rings. The molecule has 1 rings (SSSR count). The molecule has 9 nitrogen and oxygen atoms in total. The second kappa shape index (κ2) is 7.91. The minimum absolute atomic E-state index is 0.630. The molecule has 0 aromatic heterocycles. The lowest BCUT2D eigenvalue weighted by atomic mass is 9.99. The van der Waals surface area contributed by atoms with E-state index >= 15 is 0 Å². The summed E-state index contributed by atoms with van der Waals surface area (Å²) in [5.41, 5.74) is 0. The summed E-state index contributed by atoms with van der Waals surface area (Å²) in [5.74, 6) is -2.69. The number of hydrogen-bond donors (Lipinski definition) is 0. The molecule has 0 bridgehead atoms. The predicted octanol–water partition coefficient (Wildman–Crippen LogP) is 0.0894. The molecule has 23 heavy (non-hydrogen) atoms. The van der Waals surface area contributed by atoms with Crippen molar-refractivity contribution in [3.8, 4) is 0 Å². The molecule has 9 heteroatoms. The molecule has 2 unspecified atom stereocenters. The summed E-state index contributed by atoms with van der Waals surface area (Å²) in [6.45, 7) is 6.16. The molecule has 0 spiro atoms. The topological polar surface area (TPSA) is 114 Å². The van der Waals surface area contributed by atoms with Crippen molar-refractivity contribution in [2.45, 2.75) is 65.3 Å². The molecular weight excluding hydrogens is 312 g/mol. The fraction of sp³-hybridized carbons (Fsp3) is 0.714. The molecule has 1 aliphatic rings. The van der Waals surface area contributed by atoms with Crippen LogP contribution in [-0.4, -0.2) is 54.6 Å². The maximum atomic E-state index is 11.4. The molecule has 1 saturated heterocycles. The van der Waals surface area contributed by atoms with Gasteiger partial charge in [0.25, 0.3) is 0 Å². The first-order chi connectivity index (χ1) is 10.6. The molecule has 5 atom stereocenters. The van der Waals surface area contributed by atoms with Gasteiger partial charge in [-0.1, -0.05) is 0 Å². The van der Waals surface area contributed by atoms with Crippen molar-refractivity contribution in [3.63, 3.8) is 0 Å². The van der Waals surface area contributed by atoms with Gasteiger partial charge in [0, 0.05) is 27.7 Å². The van der Waals surface area contributed by atoms with Crippen LogP contribution in [-0.2, 0) is 42.9 Å². The lowest BCUT2D eigenvalue weighted by molar-refractivity contribution is -0.292. The van der Waals surface area contributed by atoms with E-state index < -0.39 is 54.6 Å². The second-order valence-electron chi connectivity index (χ2n) is 5.04. The first-order valence-corrected chi connectivity index (χ1v) is 6.96. The van der Waals surface area contributed by atoms with Crippen molar-refractivity contribution < 1.29 is 42.9 Å². The van der Waals surface area contributed by atoms with Gasteiger partial charge in [-0.25, -0.2) is 0 Å². The summed E-state index contributed by atoms with van der Waals surface area (Å²) < 4.78 is 25.7. The van der Waals surface area contributed by atoms with E-state index in [0.717, 1.165) is 20.8 Å². The summed E-state index contributed by atoms with van der Waals surface area (Å²) >= 11 is 0. The standard InChI is InChI=1S/C14H20O9/c1-6-11(20-7(2)15)12(21-8(3)16)13(22-9(4)17)14(19-6)23-10(5)18/h6,11-14H,1-5H3/t6-,11-,12?,13-,14?/m0/s1. The highest BCUT2D eigenvalue weighted by molar-refractivity contribution is 5.69. The highest BCUT2D eigenvalue weighted by Gasteiger charge is 2.51. The van der Waals surface area contributed by atoms with Gasteiger partial charge in [-0.05, 0) is 6.92 Å². The van der Waals surface area contributed by atoms with E-state index in [0.29, 0.717) is 0 Å². The summed E-state index contributed by atoms with van der Waals surface area (Å²) in [6.07, 6.45) is -5.51. The second-order valence-corrected chi connectivity index (χ2v) is 5.04. The average molecular weight is 332 g/mol. The zero-order valence-corrected chi connectivity index (χ0v) is 13.6. The third kappa shape index (κ3) is 5.51. The van der Waals surface area contributed by atoms with E-state index in [1.165, 1.54) is 6.92 Å². The predicted molar refractivity (Wildman–Crippen MR) is 72.8 cm³/mol. The van der Waals surface area contributed by atoms with Crippen LogP contribution in [0.4, 0.5) is 0 Å². The van der Waals surface area contributed by atoms with Gasteiger partial charge >= 0.3 is 23.9 Å². The fourth-order valence-electron chi connectivity index (χ4n) is 2.23. The molecule has 1 aliphatic heterocycles. The van der Waals surface area contributed by atoms with Crippen molar-refractivity contribution in [1.82, 2.24) is 0 Å². The number of ether oxygens (including phenoxy) is 5. The molecule has 0 N–H and O–H groups in total. The van der Waals surface area contributed by atoms with E-state index in [1.807, 2.05) is 0 Å². The molecule has 130 valence electrons. The van der Waals surface area contributed by atoms with Gasteiger partial charge in [-0.3, -0.25) is 19.2 Å². The Morgan fingerprint density at radius 1 is 0.652 bits per heavy atom. The molecule has 0 amide bonds. The number of hydrogen-bond acceptors (Lipinski definition) is 9. The van der Waals surface area contributed by atoms with Crippen molar-refractivity contribution in [3.05, 3.63) is 0 Å². The highest BCUT2D eigenvalue weighted by Crippen LogP contribution is 2.29. The molecule has 0 radical (unpaired) electrons. The Morgan fingerprint density at radius 2 is 1.04 bits per heavy atom. The van der Waals surface area contributed by atoms with E-state index in [1.54, 1.807) is 6.92 Å². The summed E-state index contributed by atoms with van der Waals surface area (Å²) in [4.78, 5) is 45.1. The van der Waals surface area contributed by atoms with Crippen LogP contribution < -0.4 is 0 Å². The Bertz CT molecular complexity index is 487. The minimum Gasteiger partial charge on any atom is -0.456 e. The van der Waals surface area contributed by atoms with E-state index in [4.69, 9.17) is 23.7 Å². The van der Waals surface area contributed by atoms with Gasteiger partial charge in [0.2, 0.25) is 12.4 Å². The van der Waals surface area contributed by atoms with Gasteiger partial charge in [0.15, 0.2) is 12.2 Å². The molecule has 0 aromatic carbocycles. The molecular formula is C14H20O9. The third-order valence-electron chi connectivity index (χ3n) is 2.92. The monoisotopic (exact) mass is 332 g/mol. The quantitative estimate of drug-likeness (QED) is 0.521. The first kappa shape index (κ1) is 18.9. The maximum absolute atomic E-state index is 11.4. The van der Waals surface area contributed by atoms with Crippen LogP contribution in [0.25, 0.3) is 0 Å². The van der Waals surface area contributed by atoms with Crippen LogP contribution in [0, 0.1) is 0 Å². The largest absolute Gasteiger partial charge is 0.456 e. The van der Waals surface area contributed by atoms with E-state index in [-0.39, 0.29) is 0 Å². The Hall–Kier alpha value is -2.16. The van der Waals surface area contributed by atoms with Crippen molar-refractivity contribution in [1.29, 1.82) is 0 Å². The normalized spacial score (nSPS) is 30.0. The highest BCUT2D eigenvalue weighted by atomic mass is 16.7. The van der Waals surface area contributed by atoms with Crippen LogP contribution in [0.5, 0.6) is 0 Å². The number of carbonyl (C=O) groups excluding carboxylic acids is 4. The first-order valence-electron chi connectivity index (χ1n) is 6.96. The van der Waals surface area contributed by atoms with Crippen LogP contribution in [0.15, 0.2) is 0 Å². The molecule has 0 aliphatic carbocycles. The number of carbonyl (C=O) groups is 4. The summed E-state index contributed by atoms with van der Waals surface area (Å²) in [6, 6.07) is 0. The summed E-state index contributed by atoms with van der Waals surface area (Å²) in [7, 11) is 0. The molecule has 0 saturated carbocycles. The lowest BCUT2D eigenvalue weighted by Crippen LogP contribution is -2.61. The van der Waals surface area contributed by atoms with Crippen LogP contribution in [0.2, 0.25) is 0 Å². The Morgan fingerprint density at radius 3 is 1.48 bits per heavy atom. The zero-order valence-electron chi connectivity index (χ0n) is 13.6. The van der Waals surface area contributed by atoms with Crippen LogP contribution >= 0.6 is 0 Å². The van der Waals surface area contributed by atoms with Crippen molar-refractivity contribution >= 4 is 23.9 Å². The van der Waals surface area contributed by atoms with Gasteiger partial charge < -0.3 is 23.7 Å². The SMILES string of the molecule is CC(=O)OC1O[C@@H](C)[C@H](OC(C)=O)C(OC(C)=O)[C@@H]1OC(C)=O. The van der Waals surface area contributed by atoms with Crippen LogP contribution in [0.1, 0.15) is 34.6 Å². The Balaban J connectivity index is 3.15. The molecule has 1 fully saturated rings. The fourth-order valence-corrected chi connectivity index (χ4v) is 2.23. The lowest BCUT2D eigenvalue weighted by Gasteiger charge is -2.42. The molecule has 1 heterocycles.